The van der Waals surface area contributed by atoms with Gasteiger partial charge in [-0.05, 0) is 12.1 Å². The zero-order valence-electron chi connectivity index (χ0n) is 10.7. The summed E-state index contributed by atoms with van der Waals surface area (Å²) >= 11 is 8.82. The molecule has 0 aliphatic rings. The van der Waals surface area contributed by atoms with Gasteiger partial charge in [-0.3, -0.25) is 9.20 Å². The van der Waals surface area contributed by atoms with E-state index < -0.39 is 0 Å². The summed E-state index contributed by atoms with van der Waals surface area (Å²) in [5.41, 5.74) is 1.75. The average molecular weight is 340 g/mol. The van der Waals surface area contributed by atoms with E-state index in [4.69, 9.17) is 16.7 Å². The molecule has 0 saturated heterocycles. The van der Waals surface area contributed by atoms with Gasteiger partial charge < -0.3 is 5.11 Å². The van der Waals surface area contributed by atoms with Crippen molar-refractivity contribution in [1.29, 1.82) is 0 Å². The van der Waals surface area contributed by atoms with Crippen LogP contribution in [0.2, 0.25) is 5.02 Å². The first kappa shape index (κ1) is 14.5. The number of thiazole rings is 1. The topological polar surface area (TPSA) is 67.5 Å². The molecule has 8 heteroatoms. The van der Waals surface area contributed by atoms with Crippen LogP contribution in [0.15, 0.2) is 38.9 Å². The number of hydrogen-bond donors (Lipinski definition) is 1. The highest BCUT2D eigenvalue weighted by Crippen LogP contribution is 2.25. The van der Waals surface area contributed by atoms with Crippen LogP contribution in [0.3, 0.4) is 0 Å². The number of thioether (sulfide) groups is 1. The minimum absolute atomic E-state index is 0.0621. The van der Waals surface area contributed by atoms with Gasteiger partial charge in [0.15, 0.2) is 4.34 Å². The molecule has 0 fully saturated rings. The van der Waals surface area contributed by atoms with Crippen LogP contribution in [0.1, 0.15) is 11.4 Å². The van der Waals surface area contributed by atoms with E-state index in [1.54, 1.807) is 18.3 Å². The van der Waals surface area contributed by atoms with Crippen LogP contribution in [0.5, 0.6) is 0 Å². The van der Waals surface area contributed by atoms with Crippen molar-refractivity contribution < 1.29 is 5.11 Å². The minimum atomic E-state index is -0.159. The number of halogens is 1. The molecule has 108 valence electrons. The Labute approximate surface area is 133 Å². The molecule has 0 aliphatic carbocycles. The number of rotatable bonds is 4. The molecule has 1 N–H and O–H groups in total. The van der Waals surface area contributed by atoms with Gasteiger partial charge in [-0.15, -0.1) is 11.3 Å². The lowest BCUT2D eigenvalue weighted by Gasteiger charge is -2.03. The molecule has 3 aromatic rings. The normalized spacial score (nSPS) is 11.1. The van der Waals surface area contributed by atoms with Crippen molar-refractivity contribution >= 4 is 40.3 Å². The average Bonchev–Trinajstić information content (AvgIpc) is 2.94. The Morgan fingerprint density at radius 3 is 2.95 bits per heavy atom. The van der Waals surface area contributed by atoms with Gasteiger partial charge in [0.05, 0.1) is 23.0 Å². The summed E-state index contributed by atoms with van der Waals surface area (Å²) in [6.07, 6.45) is 1.55. The molecular formula is C13H10ClN3O2S2. The third-order valence-electron chi connectivity index (χ3n) is 2.71. The number of aliphatic hydroxyl groups is 1. The second-order valence-corrected chi connectivity index (χ2v) is 6.73. The molecule has 0 spiro atoms. The monoisotopic (exact) mass is 339 g/mol. The summed E-state index contributed by atoms with van der Waals surface area (Å²) < 4.78 is 2.26. The van der Waals surface area contributed by atoms with Crippen LogP contribution < -0.4 is 5.56 Å². The van der Waals surface area contributed by atoms with E-state index in [-0.39, 0.29) is 12.2 Å². The van der Waals surface area contributed by atoms with Gasteiger partial charge >= 0.3 is 0 Å². The van der Waals surface area contributed by atoms with Crippen LogP contribution in [-0.2, 0) is 12.4 Å². The van der Waals surface area contributed by atoms with Gasteiger partial charge in [0.1, 0.15) is 5.65 Å². The van der Waals surface area contributed by atoms with Crippen molar-refractivity contribution in [3.63, 3.8) is 0 Å². The maximum atomic E-state index is 12.0. The molecular weight excluding hydrogens is 330 g/mol. The van der Waals surface area contributed by atoms with Crippen LogP contribution in [0.25, 0.3) is 5.65 Å². The van der Waals surface area contributed by atoms with Gasteiger partial charge in [-0.1, -0.05) is 23.4 Å². The smallest absolute Gasteiger partial charge is 0.258 e. The molecule has 0 saturated carbocycles. The van der Waals surface area contributed by atoms with Gasteiger partial charge in [0.2, 0.25) is 0 Å². The first-order valence-electron chi connectivity index (χ1n) is 6.01. The SMILES string of the molecule is O=c1cc(CSc2nc(CO)cs2)nc2ccc(Cl)cn12. The third-order valence-corrected chi connectivity index (χ3v) is 5.04. The molecule has 0 aliphatic heterocycles. The summed E-state index contributed by atoms with van der Waals surface area (Å²) in [7, 11) is 0. The van der Waals surface area contributed by atoms with E-state index >= 15 is 0 Å². The second-order valence-electron chi connectivity index (χ2n) is 4.21. The van der Waals surface area contributed by atoms with Crippen LogP contribution >= 0.6 is 34.7 Å². The molecule has 3 rings (SSSR count). The fourth-order valence-corrected chi connectivity index (χ4v) is 3.65. The second kappa shape index (κ2) is 6.15. The first-order valence-corrected chi connectivity index (χ1v) is 8.26. The third kappa shape index (κ3) is 3.26. The Bertz CT molecular complexity index is 847. The highest BCUT2D eigenvalue weighted by Gasteiger charge is 2.06. The number of aliphatic hydroxyl groups excluding tert-OH is 1. The fraction of sp³-hybridized carbons (Fsp3) is 0.154. The molecule has 5 nitrogen and oxygen atoms in total. The Kier molecular flexibility index (Phi) is 4.25. The molecule has 0 bridgehead atoms. The maximum absolute atomic E-state index is 12.0. The predicted octanol–water partition coefficient (Wildman–Crippen LogP) is 2.59. The Morgan fingerprint density at radius 2 is 2.19 bits per heavy atom. The summed E-state index contributed by atoms with van der Waals surface area (Å²) in [6, 6.07) is 4.91. The van der Waals surface area contributed by atoms with Crippen molar-refractivity contribution in [2.45, 2.75) is 16.7 Å². The van der Waals surface area contributed by atoms with Crippen molar-refractivity contribution in [2.24, 2.45) is 0 Å². The standard InChI is InChI=1S/C13H10ClN3O2S2/c14-8-1-2-11-15-9(3-12(19)17(11)4-8)6-20-13-16-10(5-18)7-21-13/h1-4,7,18H,5-6H2. The van der Waals surface area contributed by atoms with E-state index in [0.29, 0.717) is 27.8 Å². The van der Waals surface area contributed by atoms with Crippen LogP contribution in [0.4, 0.5) is 0 Å². The molecule has 3 aromatic heterocycles. The number of fused-ring (bicyclic) bond motifs is 1. The fourth-order valence-electron chi connectivity index (χ4n) is 1.76. The number of nitrogens with zero attached hydrogens (tertiary/aromatic N) is 3. The quantitative estimate of drug-likeness (QED) is 0.740. The predicted molar refractivity (Wildman–Crippen MR) is 84.1 cm³/mol. The summed E-state index contributed by atoms with van der Waals surface area (Å²) in [6.45, 7) is -0.0621. The highest BCUT2D eigenvalue weighted by atomic mass is 35.5. The van der Waals surface area contributed by atoms with Crippen molar-refractivity contribution in [3.8, 4) is 0 Å². The van der Waals surface area contributed by atoms with E-state index in [0.717, 1.165) is 4.34 Å². The molecule has 0 radical (unpaired) electrons. The maximum Gasteiger partial charge on any atom is 0.258 e. The van der Waals surface area contributed by atoms with E-state index in [9.17, 15) is 4.79 Å². The molecule has 0 amide bonds. The zero-order chi connectivity index (χ0) is 14.8. The van der Waals surface area contributed by atoms with E-state index in [1.165, 1.54) is 33.6 Å². The Balaban J connectivity index is 1.84. The summed E-state index contributed by atoms with van der Waals surface area (Å²) in [5.74, 6) is 0.548. The highest BCUT2D eigenvalue weighted by molar-refractivity contribution is 8.00. The van der Waals surface area contributed by atoms with Crippen molar-refractivity contribution in [1.82, 2.24) is 14.4 Å². The Hall–Kier alpha value is -1.41. The van der Waals surface area contributed by atoms with Gasteiger partial charge in [-0.2, -0.15) is 0 Å². The van der Waals surface area contributed by atoms with Gasteiger partial charge in [0, 0.05) is 23.4 Å². The first-order chi connectivity index (χ1) is 10.2. The van der Waals surface area contributed by atoms with E-state index in [2.05, 4.69) is 9.97 Å². The van der Waals surface area contributed by atoms with Crippen LogP contribution in [0, 0.1) is 0 Å². The van der Waals surface area contributed by atoms with Crippen LogP contribution in [-0.4, -0.2) is 19.5 Å². The summed E-state index contributed by atoms with van der Waals surface area (Å²) in [5, 5.41) is 11.3. The number of pyridine rings is 1. The molecule has 0 aromatic carbocycles. The lowest BCUT2D eigenvalue weighted by Crippen LogP contribution is -2.14. The minimum Gasteiger partial charge on any atom is -0.390 e. The number of aromatic nitrogens is 3. The van der Waals surface area contributed by atoms with Crippen molar-refractivity contribution in [3.05, 3.63) is 56.5 Å². The van der Waals surface area contributed by atoms with Gasteiger partial charge in [0.25, 0.3) is 5.56 Å². The lowest BCUT2D eigenvalue weighted by molar-refractivity contribution is 0.277. The molecule has 21 heavy (non-hydrogen) atoms. The molecule has 0 unspecified atom stereocenters. The number of hydrogen-bond acceptors (Lipinski definition) is 6. The largest absolute Gasteiger partial charge is 0.390 e. The van der Waals surface area contributed by atoms with Crippen molar-refractivity contribution in [2.75, 3.05) is 0 Å². The van der Waals surface area contributed by atoms with E-state index in [1.807, 2.05) is 5.38 Å². The Morgan fingerprint density at radius 1 is 1.33 bits per heavy atom. The zero-order valence-corrected chi connectivity index (χ0v) is 13.1. The lowest BCUT2D eigenvalue weighted by atomic mass is 10.4. The molecule has 3 heterocycles. The van der Waals surface area contributed by atoms with Gasteiger partial charge in [-0.25, -0.2) is 9.97 Å². The summed E-state index contributed by atoms with van der Waals surface area (Å²) in [4.78, 5) is 20.7. The molecule has 0 atom stereocenters.